The molecule has 0 spiro atoms. The molecule has 0 aliphatic rings. The Hall–Kier alpha value is -2.34. The Kier molecular flexibility index (Phi) is 6.37. The molecule has 0 atom stereocenters. The minimum atomic E-state index is -0.243. The lowest BCUT2D eigenvalue weighted by atomic mass is 10.1. The van der Waals surface area contributed by atoms with Crippen LogP contribution in [0.25, 0.3) is 0 Å². The number of hydrogen-bond acceptors (Lipinski definition) is 3. The number of anilines is 1. The van der Waals surface area contributed by atoms with Crippen molar-refractivity contribution in [2.75, 3.05) is 26.0 Å². The second-order valence-electron chi connectivity index (χ2n) is 5.30. The predicted octanol–water partition coefficient (Wildman–Crippen LogP) is 3.10. The monoisotopic (exact) mass is 390 g/mol. The normalized spacial score (nSPS) is 10.1. The SMILES string of the molecule is COc1ccc(CC(=O)N(C)CC(=O)Nc2ccccc2Br)cc1. The average Bonchev–Trinajstić information content (AvgIpc) is 2.57. The third kappa shape index (κ3) is 5.09. The molecular weight excluding hydrogens is 372 g/mol. The summed E-state index contributed by atoms with van der Waals surface area (Å²) < 4.78 is 5.89. The first kappa shape index (κ1) is 18.0. The first-order chi connectivity index (χ1) is 11.5. The van der Waals surface area contributed by atoms with Gasteiger partial charge in [0.1, 0.15) is 5.75 Å². The fourth-order valence-electron chi connectivity index (χ4n) is 2.11. The van der Waals surface area contributed by atoms with Crippen molar-refractivity contribution in [3.05, 3.63) is 58.6 Å². The van der Waals surface area contributed by atoms with Gasteiger partial charge in [-0.1, -0.05) is 24.3 Å². The van der Waals surface area contributed by atoms with Gasteiger partial charge in [0, 0.05) is 11.5 Å². The van der Waals surface area contributed by atoms with E-state index >= 15 is 0 Å². The molecule has 5 nitrogen and oxygen atoms in total. The van der Waals surface area contributed by atoms with Crippen molar-refractivity contribution in [3.63, 3.8) is 0 Å². The van der Waals surface area contributed by atoms with Gasteiger partial charge in [-0.2, -0.15) is 0 Å². The number of nitrogens with one attached hydrogen (secondary N) is 1. The number of carbonyl (C=O) groups excluding carboxylic acids is 2. The maximum Gasteiger partial charge on any atom is 0.244 e. The van der Waals surface area contributed by atoms with Crippen LogP contribution in [0.3, 0.4) is 0 Å². The molecule has 2 aromatic carbocycles. The van der Waals surface area contributed by atoms with E-state index in [9.17, 15) is 9.59 Å². The van der Waals surface area contributed by atoms with Crippen molar-refractivity contribution in [1.82, 2.24) is 4.90 Å². The average molecular weight is 391 g/mol. The first-order valence-electron chi connectivity index (χ1n) is 7.41. The lowest BCUT2D eigenvalue weighted by Gasteiger charge is -2.17. The van der Waals surface area contributed by atoms with Gasteiger partial charge >= 0.3 is 0 Å². The van der Waals surface area contributed by atoms with E-state index in [4.69, 9.17) is 4.74 Å². The van der Waals surface area contributed by atoms with Crippen LogP contribution in [0.15, 0.2) is 53.0 Å². The van der Waals surface area contributed by atoms with E-state index in [0.717, 1.165) is 15.8 Å². The fraction of sp³-hybridized carbons (Fsp3) is 0.222. The van der Waals surface area contributed by atoms with E-state index in [2.05, 4.69) is 21.2 Å². The lowest BCUT2D eigenvalue weighted by molar-refractivity contribution is -0.132. The maximum atomic E-state index is 12.2. The molecular formula is C18H19BrN2O3. The number of rotatable bonds is 6. The van der Waals surface area contributed by atoms with Gasteiger partial charge in [-0.3, -0.25) is 9.59 Å². The quantitative estimate of drug-likeness (QED) is 0.824. The van der Waals surface area contributed by atoms with Crippen molar-refractivity contribution in [2.24, 2.45) is 0 Å². The van der Waals surface area contributed by atoms with Gasteiger partial charge in [0.2, 0.25) is 11.8 Å². The van der Waals surface area contributed by atoms with E-state index < -0.39 is 0 Å². The molecule has 0 bridgehead atoms. The molecule has 24 heavy (non-hydrogen) atoms. The lowest BCUT2D eigenvalue weighted by Crippen LogP contribution is -2.35. The van der Waals surface area contributed by atoms with E-state index in [1.807, 2.05) is 42.5 Å². The number of carbonyl (C=O) groups is 2. The highest BCUT2D eigenvalue weighted by atomic mass is 79.9. The molecule has 0 radical (unpaired) electrons. The summed E-state index contributed by atoms with van der Waals surface area (Å²) in [4.78, 5) is 25.7. The van der Waals surface area contributed by atoms with Crippen LogP contribution in [0.5, 0.6) is 5.75 Å². The molecule has 6 heteroatoms. The fourth-order valence-corrected chi connectivity index (χ4v) is 2.49. The molecule has 0 unspecified atom stereocenters. The minimum absolute atomic E-state index is 0.00365. The summed E-state index contributed by atoms with van der Waals surface area (Å²) in [5, 5.41) is 2.78. The molecule has 0 saturated carbocycles. The Bertz CT molecular complexity index is 716. The zero-order valence-corrected chi connectivity index (χ0v) is 15.2. The van der Waals surface area contributed by atoms with Crippen molar-refractivity contribution in [2.45, 2.75) is 6.42 Å². The van der Waals surface area contributed by atoms with Crippen molar-refractivity contribution in [3.8, 4) is 5.75 Å². The zero-order valence-electron chi connectivity index (χ0n) is 13.6. The molecule has 2 rings (SSSR count). The van der Waals surface area contributed by atoms with Crippen molar-refractivity contribution < 1.29 is 14.3 Å². The Morgan fingerprint density at radius 3 is 2.42 bits per heavy atom. The largest absolute Gasteiger partial charge is 0.497 e. The van der Waals surface area contributed by atoms with E-state index in [-0.39, 0.29) is 24.8 Å². The summed E-state index contributed by atoms with van der Waals surface area (Å²) >= 11 is 3.37. The smallest absolute Gasteiger partial charge is 0.244 e. The number of ether oxygens (including phenoxy) is 1. The number of para-hydroxylation sites is 1. The van der Waals surface area contributed by atoms with E-state index in [1.54, 1.807) is 20.2 Å². The second kappa shape index (κ2) is 8.49. The molecule has 0 saturated heterocycles. The molecule has 0 aliphatic heterocycles. The van der Waals surface area contributed by atoms with Crippen LogP contribution in [0.4, 0.5) is 5.69 Å². The van der Waals surface area contributed by atoms with Crippen LogP contribution in [-0.4, -0.2) is 37.4 Å². The summed E-state index contributed by atoms with van der Waals surface area (Å²) in [7, 11) is 3.21. The number of amides is 2. The summed E-state index contributed by atoms with van der Waals surface area (Å²) in [5.41, 5.74) is 1.55. The van der Waals surface area contributed by atoms with Gasteiger partial charge < -0.3 is 15.0 Å². The van der Waals surface area contributed by atoms with Gasteiger partial charge in [0.05, 0.1) is 25.8 Å². The zero-order chi connectivity index (χ0) is 17.5. The Morgan fingerprint density at radius 2 is 1.79 bits per heavy atom. The molecule has 0 heterocycles. The molecule has 1 N–H and O–H groups in total. The number of hydrogen-bond donors (Lipinski definition) is 1. The summed E-state index contributed by atoms with van der Waals surface area (Å²) in [6, 6.07) is 14.6. The van der Waals surface area contributed by atoms with Gasteiger partial charge in [0.15, 0.2) is 0 Å². The van der Waals surface area contributed by atoms with Gasteiger partial charge in [0.25, 0.3) is 0 Å². The Balaban J connectivity index is 1.88. The van der Waals surface area contributed by atoms with Crippen LogP contribution in [0.2, 0.25) is 0 Å². The standard InChI is InChI=1S/C18H19BrN2O3/c1-21(12-17(22)20-16-6-4-3-5-15(16)19)18(23)11-13-7-9-14(24-2)10-8-13/h3-10H,11-12H2,1-2H3,(H,20,22). The van der Waals surface area contributed by atoms with Crippen LogP contribution in [-0.2, 0) is 16.0 Å². The molecule has 2 amide bonds. The van der Waals surface area contributed by atoms with E-state index in [1.165, 1.54) is 4.90 Å². The molecule has 0 fully saturated rings. The van der Waals surface area contributed by atoms with E-state index in [0.29, 0.717) is 5.69 Å². The summed E-state index contributed by atoms with van der Waals surface area (Å²) in [6.07, 6.45) is 0.239. The predicted molar refractivity (Wildman–Crippen MR) is 97.1 cm³/mol. The Morgan fingerprint density at radius 1 is 1.12 bits per heavy atom. The highest BCUT2D eigenvalue weighted by Gasteiger charge is 2.14. The summed E-state index contributed by atoms with van der Waals surface area (Å²) in [6.45, 7) is -0.00365. The summed E-state index contributed by atoms with van der Waals surface area (Å²) in [5.74, 6) is 0.377. The Labute approximate surface area is 149 Å². The molecule has 126 valence electrons. The second-order valence-corrected chi connectivity index (χ2v) is 6.16. The number of nitrogens with zero attached hydrogens (tertiary/aromatic N) is 1. The van der Waals surface area contributed by atoms with Crippen LogP contribution >= 0.6 is 15.9 Å². The molecule has 2 aromatic rings. The number of methoxy groups -OCH3 is 1. The highest BCUT2D eigenvalue weighted by Crippen LogP contribution is 2.21. The minimum Gasteiger partial charge on any atom is -0.497 e. The molecule has 0 aromatic heterocycles. The topological polar surface area (TPSA) is 58.6 Å². The third-order valence-corrected chi connectivity index (χ3v) is 4.16. The third-order valence-electron chi connectivity index (χ3n) is 3.47. The maximum absolute atomic E-state index is 12.2. The van der Waals surface area contributed by atoms with Crippen molar-refractivity contribution in [1.29, 1.82) is 0 Å². The number of likely N-dealkylation sites (N-methyl/N-ethyl adjacent to an activating group) is 1. The van der Waals surface area contributed by atoms with Gasteiger partial charge in [-0.25, -0.2) is 0 Å². The first-order valence-corrected chi connectivity index (χ1v) is 8.20. The van der Waals surface area contributed by atoms with Crippen LogP contribution in [0.1, 0.15) is 5.56 Å². The van der Waals surface area contributed by atoms with Crippen LogP contribution < -0.4 is 10.1 Å². The number of halogens is 1. The highest BCUT2D eigenvalue weighted by molar-refractivity contribution is 9.10. The number of benzene rings is 2. The van der Waals surface area contributed by atoms with Gasteiger partial charge in [-0.05, 0) is 45.8 Å². The molecule has 0 aliphatic carbocycles. The van der Waals surface area contributed by atoms with Gasteiger partial charge in [-0.15, -0.1) is 0 Å². The van der Waals surface area contributed by atoms with Crippen molar-refractivity contribution >= 4 is 33.4 Å². The van der Waals surface area contributed by atoms with Crippen LogP contribution in [0, 0.1) is 0 Å².